The van der Waals surface area contributed by atoms with Crippen molar-refractivity contribution in [1.82, 2.24) is 15.0 Å². The summed E-state index contributed by atoms with van der Waals surface area (Å²) in [6.07, 6.45) is 1.54. The molecule has 14 heavy (non-hydrogen) atoms. The zero-order valence-electron chi connectivity index (χ0n) is 7.93. The Kier molecular flexibility index (Phi) is 3.07. The number of aromatic nitrogens is 2. The summed E-state index contributed by atoms with van der Waals surface area (Å²) in [6, 6.07) is 0. The van der Waals surface area contributed by atoms with Crippen LogP contribution in [0.3, 0.4) is 0 Å². The summed E-state index contributed by atoms with van der Waals surface area (Å²) in [6.45, 7) is 3.67. The first-order valence-electron chi connectivity index (χ1n) is 4.68. The Morgan fingerprint density at radius 2 is 2.57 bits per heavy atom. The number of hydrogen-bond acceptors (Lipinski definition) is 6. The van der Waals surface area contributed by atoms with Crippen LogP contribution in [0.15, 0.2) is 10.9 Å². The second kappa shape index (κ2) is 4.50. The van der Waals surface area contributed by atoms with Crippen LogP contribution in [0.25, 0.3) is 0 Å². The summed E-state index contributed by atoms with van der Waals surface area (Å²) in [5.41, 5.74) is 5.54. The lowest BCUT2D eigenvalue weighted by Crippen LogP contribution is -2.45. The number of rotatable bonds is 3. The summed E-state index contributed by atoms with van der Waals surface area (Å²) in [5, 5.41) is 3.56. The molecule has 6 nitrogen and oxygen atoms in total. The molecule has 1 fully saturated rings. The Morgan fingerprint density at radius 1 is 1.64 bits per heavy atom. The molecule has 0 spiro atoms. The molecule has 0 aromatic carbocycles. The lowest BCUT2D eigenvalue weighted by atomic mass is 10.3. The Labute approximate surface area is 82.0 Å². The number of morpholine rings is 1. The monoisotopic (exact) mass is 198 g/mol. The summed E-state index contributed by atoms with van der Waals surface area (Å²) in [4.78, 5) is 6.17. The lowest BCUT2D eigenvalue weighted by Gasteiger charge is -2.31. The van der Waals surface area contributed by atoms with Crippen molar-refractivity contribution < 1.29 is 9.26 Å². The van der Waals surface area contributed by atoms with Crippen molar-refractivity contribution in [1.29, 1.82) is 0 Å². The minimum Gasteiger partial charge on any atom is -0.374 e. The minimum atomic E-state index is 0.131. The van der Waals surface area contributed by atoms with Gasteiger partial charge in [0.2, 0.25) is 5.89 Å². The SMILES string of the molecule is NCC1CN(Cc2ncno2)CCO1. The highest BCUT2D eigenvalue weighted by molar-refractivity contribution is 4.79. The van der Waals surface area contributed by atoms with Gasteiger partial charge in [0.15, 0.2) is 6.33 Å². The summed E-state index contributed by atoms with van der Waals surface area (Å²) < 4.78 is 10.4. The van der Waals surface area contributed by atoms with Gasteiger partial charge in [0.25, 0.3) is 0 Å². The fourth-order valence-electron chi connectivity index (χ4n) is 1.52. The highest BCUT2D eigenvalue weighted by Gasteiger charge is 2.20. The molecule has 0 amide bonds. The molecule has 2 N–H and O–H groups in total. The highest BCUT2D eigenvalue weighted by Crippen LogP contribution is 2.07. The fraction of sp³-hybridized carbons (Fsp3) is 0.750. The van der Waals surface area contributed by atoms with Crippen LogP contribution in [0.5, 0.6) is 0 Å². The van der Waals surface area contributed by atoms with Crippen LogP contribution in [0.2, 0.25) is 0 Å². The largest absolute Gasteiger partial charge is 0.374 e. The quantitative estimate of drug-likeness (QED) is 0.687. The van der Waals surface area contributed by atoms with Crippen LogP contribution in [0.1, 0.15) is 5.89 Å². The molecule has 1 saturated heterocycles. The summed E-state index contributed by atoms with van der Waals surface area (Å²) in [5.74, 6) is 0.641. The Hall–Kier alpha value is -0.980. The standard InChI is InChI=1S/C8H14N4O2/c9-3-7-4-12(1-2-13-7)5-8-10-6-11-14-8/h6-7H,1-5,9H2. The molecule has 1 aromatic rings. The normalized spacial score (nSPS) is 23.9. The molecule has 78 valence electrons. The molecular formula is C8H14N4O2. The zero-order chi connectivity index (χ0) is 9.80. The van der Waals surface area contributed by atoms with E-state index < -0.39 is 0 Å². The van der Waals surface area contributed by atoms with Crippen molar-refractivity contribution in [2.75, 3.05) is 26.2 Å². The van der Waals surface area contributed by atoms with Gasteiger partial charge in [-0.1, -0.05) is 5.16 Å². The Morgan fingerprint density at radius 3 is 3.29 bits per heavy atom. The average molecular weight is 198 g/mol. The van der Waals surface area contributed by atoms with Gasteiger partial charge in [-0.15, -0.1) is 0 Å². The van der Waals surface area contributed by atoms with E-state index >= 15 is 0 Å². The van der Waals surface area contributed by atoms with E-state index in [1.807, 2.05) is 0 Å². The van der Waals surface area contributed by atoms with Crippen molar-refractivity contribution in [3.63, 3.8) is 0 Å². The van der Waals surface area contributed by atoms with Gasteiger partial charge in [0, 0.05) is 19.6 Å². The van der Waals surface area contributed by atoms with Crippen LogP contribution >= 0.6 is 0 Å². The maximum atomic E-state index is 5.54. The van der Waals surface area contributed by atoms with Gasteiger partial charge >= 0.3 is 0 Å². The summed E-state index contributed by atoms with van der Waals surface area (Å²) in [7, 11) is 0. The molecule has 0 aliphatic carbocycles. The van der Waals surface area contributed by atoms with E-state index in [2.05, 4.69) is 15.0 Å². The van der Waals surface area contributed by atoms with Crippen LogP contribution < -0.4 is 5.73 Å². The maximum Gasteiger partial charge on any atom is 0.240 e. The molecule has 2 heterocycles. The van der Waals surface area contributed by atoms with Crippen molar-refractivity contribution in [2.45, 2.75) is 12.6 Å². The average Bonchev–Trinajstić information content (AvgIpc) is 2.71. The fourth-order valence-corrected chi connectivity index (χ4v) is 1.52. The maximum absolute atomic E-state index is 5.54. The predicted molar refractivity (Wildman–Crippen MR) is 48.4 cm³/mol. The van der Waals surface area contributed by atoms with Gasteiger partial charge in [-0.2, -0.15) is 4.98 Å². The van der Waals surface area contributed by atoms with Gasteiger partial charge < -0.3 is 15.0 Å². The lowest BCUT2D eigenvalue weighted by molar-refractivity contribution is -0.0288. The number of hydrogen-bond donors (Lipinski definition) is 1. The Balaban J connectivity index is 1.86. The number of ether oxygens (including phenoxy) is 1. The molecule has 2 rings (SSSR count). The first kappa shape index (κ1) is 9.57. The third-order valence-corrected chi connectivity index (χ3v) is 2.25. The molecule has 0 bridgehead atoms. The van der Waals surface area contributed by atoms with E-state index in [0.717, 1.165) is 19.7 Å². The molecule has 1 unspecified atom stereocenters. The second-order valence-corrected chi connectivity index (χ2v) is 3.30. The number of nitrogens with two attached hydrogens (primary N) is 1. The molecule has 1 aliphatic heterocycles. The van der Waals surface area contributed by atoms with Crippen LogP contribution in [0, 0.1) is 0 Å². The molecule has 1 aromatic heterocycles. The van der Waals surface area contributed by atoms with E-state index in [4.69, 9.17) is 15.0 Å². The third kappa shape index (κ3) is 2.28. The summed E-state index contributed by atoms with van der Waals surface area (Å²) >= 11 is 0. The van der Waals surface area contributed by atoms with E-state index in [1.54, 1.807) is 0 Å². The predicted octanol–water partition coefficient (Wildman–Crippen LogP) is -0.771. The van der Waals surface area contributed by atoms with Crippen LogP contribution in [-0.4, -0.2) is 47.4 Å². The number of nitrogens with zero attached hydrogens (tertiary/aromatic N) is 3. The van der Waals surface area contributed by atoms with E-state index in [-0.39, 0.29) is 6.10 Å². The molecule has 1 aliphatic rings. The van der Waals surface area contributed by atoms with E-state index in [0.29, 0.717) is 19.0 Å². The smallest absolute Gasteiger partial charge is 0.240 e. The van der Waals surface area contributed by atoms with Gasteiger partial charge in [-0.05, 0) is 0 Å². The van der Waals surface area contributed by atoms with Crippen molar-refractivity contribution in [2.24, 2.45) is 5.73 Å². The molecule has 0 radical (unpaired) electrons. The van der Waals surface area contributed by atoms with Crippen molar-refractivity contribution in [3.05, 3.63) is 12.2 Å². The molecule has 1 atom stereocenters. The van der Waals surface area contributed by atoms with Crippen LogP contribution in [0.4, 0.5) is 0 Å². The van der Waals surface area contributed by atoms with Gasteiger partial charge in [-0.25, -0.2) is 0 Å². The van der Waals surface area contributed by atoms with Gasteiger partial charge in [-0.3, -0.25) is 4.90 Å². The third-order valence-electron chi connectivity index (χ3n) is 2.25. The van der Waals surface area contributed by atoms with Gasteiger partial charge in [0.05, 0.1) is 19.3 Å². The van der Waals surface area contributed by atoms with Crippen molar-refractivity contribution in [3.8, 4) is 0 Å². The molecular weight excluding hydrogens is 184 g/mol. The van der Waals surface area contributed by atoms with Crippen LogP contribution in [-0.2, 0) is 11.3 Å². The second-order valence-electron chi connectivity index (χ2n) is 3.30. The van der Waals surface area contributed by atoms with Gasteiger partial charge in [0.1, 0.15) is 0 Å². The molecule has 0 saturated carbocycles. The Bertz CT molecular complexity index is 264. The van der Waals surface area contributed by atoms with E-state index in [9.17, 15) is 0 Å². The molecule has 6 heteroatoms. The first-order chi connectivity index (χ1) is 6.88. The minimum absolute atomic E-state index is 0.131. The van der Waals surface area contributed by atoms with E-state index in [1.165, 1.54) is 6.33 Å². The highest BCUT2D eigenvalue weighted by atomic mass is 16.5. The topological polar surface area (TPSA) is 77.4 Å². The van der Waals surface area contributed by atoms with Crippen molar-refractivity contribution >= 4 is 0 Å². The first-order valence-corrected chi connectivity index (χ1v) is 4.68. The zero-order valence-corrected chi connectivity index (χ0v) is 7.93.